The Morgan fingerprint density at radius 1 is 1.15 bits per heavy atom. The van der Waals surface area contributed by atoms with Crippen LogP contribution in [0.2, 0.25) is 0 Å². The van der Waals surface area contributed by atoms with Crippen LogP contribution < -0.4 is 5.32 Å². The maximum absolute atomic E-state index is 5.47. The van der Waals surface area contributed by atoms with Gasteiger partial charge in [-0.25, -0.2) is 4.98 Å². The molecule has 0 amide bonds. The molecular weight excluding hydrogens is 268 g/mol. The molecule has 0 aliphatic heterocycles. The molecule has 1 N–H and O–H groups in total. The molecule has 0 bridgehead atoms. The summed E-state index contributed by atoms with van der Waals surface area (Å²) in [6.45, 7) is 2.66. The molecule has 0 aliphatic carbocycles. The highest BCUT2D eigenvalue weighted by molar-refractivity contribution is 7.98. The molecule has 0 unspecified atom stereocenters. The SMILES string of the molecule is CSc1ccc(CNc2ccc3oc(C)nc3c2)cc1. The van der Waals surface area contributed by atoms with Crippen LogP contribution in [-0.4, -0.2) is 11.2 Å². The van der Waals surface area contributed by atoms with Gasteiger partial charge in [0.1, 0.15) is 5.52 Å². The van der Waals surface area contributed by atoms with Gasteiger partial charge in [0.05, 0.1) is 0 Å². The van der Waals surface area contributed by atoms with Crippen molar-refractivity contribution in [2.75, 3.05) is 11.6 Å². The first kappa shape index (κ1) is 13.1. The molecule has 0 atom stereocenters. The molecule has 20 heavy (non-hydrogen) atoms. The molecular formula is C16H16N2OS. The second kappa shape index (κ2) is 5.59. The van der Waals surface area contributed by atoms with Crippen LogP contribution in [0.3, 0.4) is 0 Å². The van der Waals surface area contributed by atoms with Crippen molar-refractivity contribution in [1.82, 2.24) is 4.98 Å². The Kier molecular flexibility index (Phi) is 3.65. The van der Waals surface area contributed by atoms with E-state index in [1.165, 1.54) is 10.5 Å². The van der Waals surface area contributed by atoms with Gasteiger partial charge in [0.25, 0.3) is 0 Å². The lowest BCUT2D eigenvalue weighted by molar-refractivity contribution is 0.561. The highest BCUT2D eigenvalue weighted by Gasteiger charge is 2.03. The van der Waals surface area contributed by atoms with Gasteiger partial charge in [0.2, 0.25) is 0 Å². The Bertz CT molecular complexity index is 719. The minimum Gasteiger partial charge on any atom is -0.441 e. The fourth-order valence-corrected chi connectivity index (χ4v) is 2.51. The Morgan fingerprint density at radius 3 is 2.70 bits per heavy atom. The number of aryl methyl sites for hydroxylation is 1. The van der Waals surface area contributed by atoms with Crippen molar-refractivity contribution in [3.8, 4) is 0 Å². The summed E-state index contributed by atoms with van der Waals surface area (Å²) >= 11 is 1.76. The van der Waals surface area contributed by atoms with E-state index in [2.05, 4.69) is 40.8 Å². The first-order chi connectivity index (χ1) is 9.74. The molecule has 0 fully saturated rings. The van der Waals surface area contributed by atoms with Crippen molar-refractivity contribution in [1.29, 1.82) is 0 Å². The van der Waals surface area contributed by atoms with Crippen LogP contribution in [0.15, 0.2) is 51.8 Å². The molecule has 1 heterocycles. The number of hydrogen-bond acceptors (Lipinski definition) is 4. The highest BCUT2D eigenvalue weighted by Crippen LogP contribution is 2.20. The van der Waals surface area contributed by atoms with Gasteiger partial charge in [-0.3, -0.25) is 0 Å². The van der Waals surface area contributed by atoms with Crippen LogP contribution >= 0.6 is 11.8 Å². The molecule has 0 saturated heterocycles. The van der Waals surface area contributed by atoms with E-state index in [-0.39, 0.29) is 0 Å². The third kappa shape index (κ3) is 2.80. The number of benzene rings is 2. The van der Waals surface area contributed by atoms with Crippen molar-refractivity contribution in [3.63, 3.8) is 0 Å². The summed E-state index contributed by atoms with van der Waals surface area (Å²) in [6, 6.07) is 14.6. The van der Waals surface area contributed by atoms with Gasteiger partial charge in [-0.1, -0.05) is 12.1 Å². The summed E-state index contributed by atoms with van der Waals surface area (Å²) in [5.74, 6) is 0.699. The Hall–Kier alpha value is -1.94. The normalized spacial score (nSPS) is 10.9. The van der Waals surface area contributed by atoms with Crippen molar-refractivity contribution in [2.45, 2.75) is 18.4 Å². The lowest BCUT2D eigenvalue weighted by Gasteiger charge is -2.06. The molecule has 2 aromatic carbocycles. The first-order valence-corrected chi connectivity index (χ1v) is 7.71. The van der Waals surface area contributed by atoms with Crippen LogP contribution in [0, 0.1) is 6.92 Å². The molecule has 102 valence electrons. The molecule has 3 nitrogen and oxygen atoms in total. The predicted octanol–water partition coefficient (Wildman–Crippen LogP) is 4.47. The number of thioether (sulfide) groups is 1. The minimum atomic E-state index is 0.699. The largest absolute Gasteiger partial charge is 0.441 e. The second-order valence-corrected chi connectivity index (χ2v) is 5.50. The van der Waals surface area contributed by atoms with Crippen molar-refractivity contribution in [2.24, 2.45) is 0 Å². The summed E-state index contributed by atoms with van der Waals surface area (Å²) in [5, 5.41) is 3.41. The van der Waals surface area contributed by atoms with E-state index in [0.29, 0.717) is 5.89 Å². The molecule has 0 aliphatic rings. The summed E-state index contributed by atoms with van der Waals surface area (Å²) in [4.78, 5) is 5.63. The number of anilines is 1. The van der Waals surface area contributed by atoms with Gasteiger partial charge in [0.15, 0.2) is 11.5 Å². The summed E-state index contributed by atoms with van der Waals surface area (Å²) in [5.41, 5.74) is 4.04. The summed E-state index contributed by atoms with van der Waals surface area (Å²) in [7, 11) is 0. The lowest BCUT2D eigenvalue weighted by atomic mass is 10.2. The van der Waals surface area contributed by atoms with Crippen molar-refractivity contribution in [3.05, 3.63) is 53.9 Å². The van der Waals surface area contributed by atoms with E-state index in [9.17, 15) is 0 Å². The number of aromatic nitrogens is 1. The molecule has 0 spiro atoms. The van der Waals surface area contributed by atoms with Crippen molar-refractivity contribution >= 4 is 28.5 Å². The number of nitrogens with one attached hydrogen (secondary N) is 1. The monoisotopic (exact) mass is 284 g/mol. The molecule has 3 rings (SSSR count). The van der Waals surface area contributed by atoms with Gasteiger partial charge in [0, 0.05) is 24.1 Å². The Morgan fingerprint density at radius 2 is 1.95 bits per heavy atom. The Labute approximate surface area is 122 Å². The van der Waals surface area contributed by atoms with Crippen LogP contribution in [0.4, 0.5) is 5.69 Å². The number of rotatable bonds is 4. The quantitative estimate of drug-likeness (QED) is 0.717. The van der Waals surface area contributed by atoms with E-state index < -0.39 is 0 Å². The fourth-order valence-electron chi connectivity index (χ4n) is 2.10. The average Bonchev–Trinajstić information content (AvgIpc) is 2.85. The smallest absolute Gasteiger partial charge is 0.192 e. The molecule has 1 aromatic heterocycles. The number of fused-ring (bicyclic) bond motifs is 1. The van der Waals surface area contributed by atoms with E-state index >= 15 is 0 Å². The number of nitrogens with zero attached hydrogens (tertiary/aromatic N) is 1. The Balaban J connectivity index is 1.72. The first-order valence-electron chi connectivity index (χ1n) is 6.48. The number of hydrogen-bond donors (Lipinski definition) is 1. The molecule has 3 aromatic rings. The van der Waals surface area contributed by atoms with Crippen LogP contribution in [-0.2, 0) is 6.54 Å². The van der Waals surface area contributed by atoms with E-state index in [1.54, 1.807) is 11.8 Å². The van der Waals surface area contributed by atoms with E-state index in [0.717, 1.165) is 23.3 Å². The van der Waals surface area contributed by atoms with Gasteiger partial charge < -0.3 is 9.73 Å². The zero-order chi connectivity index (χ0) is 13.9. The van der Waals surface area contributed by atoms with Crippen LogP contribution in [0.25, 0.3) is 11.1 Å². The van der Waals surface area contributed by atoms with E-state index in [4.69, 9.17) is 4.42 Å². The molecule has 0 saturated carbocycles. The van der Waals surface area contributed by atoms with Gasteiger partial charge in [-0.2, -0.15) is 0 Å². The van der Waals surface area contributed by atoms with Gasteiger partial charge >= 0.3 is 0 Å². The average molecular weight is 284 g/mol. The zero-order valence-corrected chi connectivity index (χ0v) is 12.3. The van der Waals surface area contributed by atoms with Gasteiger partial charge in [-0.15, -0.1) is 11.8 Å². The predicted molar refractivity (Wildman–Crippen MR) is 84.3 cm³/mol. The third-order valence-electron chi connectivity index (χ3n) is 3.15. The highest BCUT2D eigenvalue weighted by atomic mass is 32.2. The topological polar surface area (TPSA) is 38.1 Å². The molecule has 4 heteroatoms. The second-order valence-electron chi connectivity index (χ2n) is 4.62. The van der Waals surface area contributed by atoms with E-state index in [1.807, 2.05) is 25.1 Å². The van der Waals surface area contributed by atoms with Crippen LogP contribution in [0.5, 0.6) is 0 Å². The standard InChI is InChI=1S/C16H16N2OS/c1-11-18-15-9-13(5-8-16(15)19-11)17-10-12-3-6-14(20-2)7-4-12/h3-9,17H,10H2,1-2H3. The van der Waals surface area contributed by atoms with Gasteiger partial charge in [-0.05, 0) is 42.2 Å². The summed E-state index contributed by atoms with van der Waals surface area (Å²) in [6.07, 6.45) is 2.09. The van der Waals surface area contributed by atoms with Crippen LogP contribution in [0.1, 0.15) is 11.5 Å². The maximum atomic E-state index is 5.47. The molecule has 0 radical (unpaired) electrons. The maximum Gasteiger partial charge on any atom is 0.192 e. The lowest BCUT2D eigenvalue weighted by Crippen LogP contribution is -1.98. The third-order valence-corrected chi connectivity index (χ3v) is 3.89. The number of oxazole rings is 1. The summed E-state index contributed by atoms with van der Waals surface area (Å²) < 4.78 is 5.47. The van der Waals surface area contributed by atoms with Crippen molar-refractivity contribution < 1.29 is 4.42 Å². The minimum absolute atomic E-state index is 0.699. The zero-order valence-electron chi connectivity index (χ0n) is 11.5. The fraction of sp³-hybridized carbons (Fsp3) is 0.188.